The van der Waals surface area contributed by atoms with Crippen LogP contribution in [0.4, 0.5) is 5.69 Å². The minimum atomic E-state index is -2.70. The Morgan fingerprint density at radius 1 is 0.529 bits per heavy atom. The minimum absolute atomic E-state index is 0. The van der Waals surface area contributed by atoms with Crippen LogP contribution < -0.4 is 31.0 Å². The average molecular weight is 1060 g/mol. The van der Waals surface area contributed by atoms with Gasteiger partial charge in [0.1, 0.15) is 12.1 Å². The molecule has 2 fully saturated rings. The largest absolute Gasteiger partial charge is 0.468 e. The Bertz CT molecular complexity index is 2340. The number of nitrogens with zero attached hydrogens (tertiary/aromatic N) is 1. The molecule has 1 N–H and O–H groups in total. The van der Waals surface area contributed by atoms with Gasteiger partial charge in [-0.3, -0.25) is 4.79 Å². The Hall–Kier alpha value is -4.90. The zero-order valence-electron chi connectivity index (χ0n) is 40.2. The number of benzene rings is 6. The molecule has 0 aliphatic carbocycles. The molecule has 0 radical (unpaired) electrons. The van der Waals surface area contributed by atoms with Gasteiger partial charge >= 0.3 is 11.9 Å². The Morgan fingerprint density at radius 2 is 0.882 bits per heavy atom. The van der Waals surface area contributed by atoms with Crippen LogP contribution in [0.5, 0.6) is 0 Å². The van der Waals surface area contributed by atoms with E-state index in [0.717, 1.165) is 5.69 Å². The van der Waals surface area contributed by atoms with Crippen LogP contribution >= 0.6 is 22.6 Å². The molecule has 0 bridgehead atoms. The van der Waals surface area contributed by atoms with E-state index in [2.05, 4.69) is 196 Å². The molecule has 8 nitrogen and oxygen atoms in total. The number of rotatable bonds is 11. The second-order valence-electron chi connectivity index (χ2n) is 19.1. The van der Waals surface area contributed by atoms with Gasteiger partial charge in [0.05, 0.1) is 26.4 Å². The highest BCUT2D eigenvalue weighted by molar-refractivity contribution is 14.1. The Balaban J connectivity index is 0.000000222. The lowest BCUT2D eigenvalue weighted by atomic mass is 10.2. The van der Waals surface area contributed by atoms with Crippen LogP contribution in [0.1, 0.15) is 61.8 Å². The average Bonchev–Trinajstić information content (AvgIpc) is 4.01. The van der Waals surface area contributed by atoms with Crippen molar-refractivity contribution in [3.05, 3.63) is 186 Å². The van der Waals surface area contributed by atoms with Crippen LogP contribution in [0.2, 0.25) is 10.1 Å². The summed E-state index contributed by atoms with van der Waals surface area (Å²) < 4.78 is 25.7. The topological polar surface area (TPSA) is 86.3 Å². The van der Waals surface area contributed by atoms with Crippen molar-refractivity contribution in [1.82, 2.24) is 5.32 Å². The highest BCUT2D eigenvalue weighted by Crippen LogP contribution is 2.41. The minimum Gasteiger partial charge on any atom is -0.468 e. The van der Waals surface area contributed by atoms with Gasteiger partial charge in [0, 0.05) is 28.8 Å². The number of halogens is 1. The van der Waals surface area contributed by atoms with Gasteiger partial charge in [0.25, 0.3) is 16.6 Å². The van der Waals surface area contributed by atoms with E-state index in [1.807, 2.05) is 60.7 Å². The number of esters is 2. The van der Waals surface area contributed by atoms with E-state index in [-0.39, 0.29) is 53.7 Å². The van der Waals surface area contributed by atoms with E-state index < -0.39 is 16.6 Å². The summed E-state index contributed by atoms with van der Waals surface area (Å²) in [5.41, 5.74) is 1.02. The summed E-state index contributed by atoms with van der Waals surface area (Å²) in [5.74, 6) is -0.434. The van der Waals surface area contributed by atoms with E-state index in [9.17, 15) is 9.59 Å². The van der Waals surface area contributed by atoms with E-state index in [0.29, 0.717) is 25.9 Å². The summed E-state index contributed by atoms with van der Waals surface area (Å²) in [4.78, 5) is 26.8. The molecule has 0 saturated carbocycles. The fourth-order valence-corrected chi connectivity index (χ4v) is 19.4. The number of nitrogens with one attached hydrogen (secondary N) is 1. The van der Waals surface area contributed by atoms with Crippen molar-refractivity contribution in [2.45, 2.75) is 96.2 Å². The number of carbonyl (C=O) groups excluding carboxylic acids is 2. The quantitative estimate of drug-likeness (QED) is 0.0781. The second kappa shape index (κ2) is 24.6. The first-order valence-electron chi connectivity index (χ1n) is 23.1. The van der Waals surface area contributed by atoms with Crippen molar-refractivity contribution in [2.24, 2.45) is 0 Å². The van der Waals surface area contributed by atoms with E-state index >= 15 is 0 Å². The van der Waals surface area contributed by atoms with E-state index in [4.69, 9.17) is 18.3 Å². The van der Waals surface area contributed by atoms with Crippen LogP contribution in [0.3, 0.4) is 0 Å². The number of anilines is 1. The van der Waals surface area contributed by atoms with Crippen LogP contribution in [-0.4, -0.2) is 80.2 Å². The fourth-order valence-electron chi connectivity index (χ4n) is 9.56. The van der Waals surface area contributed by atoms with Crippen molar-refractivity contribution in [3.8, 4) is 0 Å². The third kappa shape index (κ3) is 12.6. The van der Waals surface area contributed by atoms with Gasteiger partial charge in [0.15, 0.2) is 0 Å². The summed E-state index contributed by atoms with van der Waals surface area (Å²) in [5, 5.41) is 8.08. The third-order valence-corrected chi connectivity index (χ3v) is 23.6. The molecular formula is C57H71IN2O6Si2. The van der Waals surface area contributed by atoms with Gasteiger partial charge in [-0.1, -0.05) is 207 Å². The predicted octanol–water partition coefficient (Wildman–Crippen LogP) is 9.78. The molecule has 0 spiro atoms. The highest BCUT2D eigenvalue weighted by atomic mass is 127. The molecule has 11 heteroatoms. The smallest absolute Gasteiger partial charge is 0.328 e. The molecule has 6 aromatic carbocycles. The lowest BCUT2D eigenvalue weighted by Crippen LogP contribution is -2.67. The number of hydrogen-bond acceptors (Lipinski definition) is 8. The van der Waals surface area contributed by atoms with Gasteiger partial charge in [-0.15, -0.1) is 0 Å². The number of hydrogen-bond donors (Lipinski definition) is 1. The van der Waals surface area contributed by atoms with Gasteiger partial charge in [-0.25, -0.2) is 4.79 Å². The maximum Gasteiger partial charge on any atom is 0.328 e. The van der Waals surface area contributed by atoms with Gasteiger partial charge < -0.3 is 28.5 Å². The van der Waals surface area contributed by atoms with E-state index in [1.54, 1.807) is 0 Å². The Morgan fingerprint density at radius 3 is 1.22 bits per heavy atom. The second-order valence-corrected chi connectivity index (χ2v) is 28.8. The summed E-state index contributed by atoms with van der Waals surface area (Å²) in [7, 11) is -2.39. The van der Waals surface area contributed by atoms with Crippen LogP contribution in [-0.2, 0) is 27.9 Å². The summed E-state index contributed by atoms with van der Waals surface area (Å²) in [6.07, 6.45) is 1.12. The molecular weight excluding hydrogens is 992 g/mol. The number of ether oxygens (including phenoxy) is 2. The third-order valence-electron chi connectivity index (χ3n) is 12.7. The summed E-state index contributed by atoms with van der Waals surface area (Å²) >= 11 is 2.28. The molecule has 2 saturated heterocycles. The van der Waals surface area contributed by atoms with Gasteiger partial charge in [0.2, 0.25) is 0 Å². The first-order chi connectivity index (χ1) is 32.1. The number of carbonyl (C=O) groups is 2. The summed E-state index contributed by atoms with van der Waals surface area (Å²) in [6.45, 7) is 14.9. The molecule has 0 aromatic heterocycles. The van der Waals surface area contributed by atoms with Gasteiger partial charge in [-0.2, -0.15) is 0 Å². The first-order valence-corrected chi connectivity index (χ1v) is 28.0. The van der Waals surface area contributed by atoms with E-state index in [1.165, 1.54) is 38.5 Å². The molecule has 360 valence electrons. The maximum atomic E-state index is 12.7. The lowest BCUT2D eigenvalue weighted by molar-refractivity contribution is -0.143. The lowest BCUT2D eigenvalue weighted by Gasteiger charge is -2.44. The Kier molecular flexibility index (Phi) is 19.5. The van der Waals surface area contributed by atoms with Crippen molar-refractivity contribution in [2.75, 3.05) is 32.2 Å². The van der Waals surface area contributed by atoms with Crippen LogP contribution in [0.25, 0.3) is 0 Å². The SMILES string of the molecule is C.COC(=O)[C@H]1C[C@@H](O[Si](c2ccccc2)(c2ccccc2)C(C)(C)C)CN1.COC(=O)[C@H]1C[C@@H](O[Si](c2ccccc2)(c2ccccc2)C(C)(C)C)CN1c1ccccc1.Ic1ccccc1. The molecule has 2 aliphatic heterocycles. The zero-order valence-corrected chi connectivity index (χ0v) is 44.4. The monoisotopic (exact) mass is 1060 g/mol. The molecule has 0 amide bonds. The highest BCUT2D eigenvalue weighted by Gasteiger charge is 2.54. The van der Waals surface area contributed by atoms with Crippen LogP contribution in [0.15, 0.2) is 182 Å². The van der Waals surface area contributed by atoms with Crippen molar-refractivity contribution >= 4 is 77.6 Å². The Labute approximate surface area is 422 Å². The van der Waals surface area contributed by atoms with Gasteiger partial charge in [-0.05, 0) is 84.1 Å². The molecule has 4 atom stereocenters. The molecule has 68 heavy (non-hydrogen) atoms. The van der Waals surface area contributed by atoms with Crippen molar-refractivity contribution in [3.63, 3.8) is 0 Å². The summed E-state index contributed by atoms with van der Waals surface area (Å²) in [6, 6.07) is 62.1. The fraction of sp³-hybridized carbons (Fsp3) is 0.333. The molecule has 2 aliphatic rings. The van der Waals surface area contributed by atoms with Crippen LogP contribution in [0, 0.1) is 3.57 Å². The maximum absolute atomic E-state index is 12.7. The molecule has 8 rings (SSSR count). The normalized spacial score (nSPS) is 18.2. The molecule has 0 unspecified atom stereocenters. The zero-order chi connectivity index (χ0) is 48.1. The van der Waals surface area contributed by atoms with Crippen molar-refractivity contribution in [1.29, 1.82) is 0 Å². The number of para-hydroxylation sites is 1. The molecule has 2 heterocycles. The molecule has 6 aromatic rings. The first kappa shape index (κ1) is 54.1. The van der Waals surface area contributed by atoms with Crippen molar-refractivity contribution < 1.29 is 27.9 Å². The predicted molar refractivity (Wildman–Crippen MR) is 294 cm³/mol. The standard InChI is InChI=1S/C28H33NO3Si.C22H29NO3Si.C6H5I.CH4/c1-28(2,3)33(24-16-10-6-11-17-24,25-18-12-7-13-19-25)32-23-20-26(27(30)31-4)29(21-23)22-14-8-5-9-15-22;1-22(2,3)27(18-11-7-5-8-12-18,19-13-9-6-10-14-19)26-17-15-20(23-16-17)21(24)25-4;7-6-4-2-1-3-5-6;/h5-19,23,26H,20-21H2,1-4H3;5-14,17,20,23H,15-16H2,1-4H3;1-5H;1H4/t23-,26-;17-,20-;;/m11../s1. The number of methoxy groups -OCH3 is 2.